The van der Waals surface area contributed by atoms with Gasteiger partial charge in [-0.2, -0.15) is 0 Å². The minimum Gasteiger partial charge on any atom is -0.349 e. The lowest BCUT2D eigenvalue weighted by Gasteiger charge is -2.18. The summed E-state index contributed by atoms with van der Waals surface area (Å²) in [7, 11) is 0. The lowest BCUT2D eigenvalue weighted by Crippen LogP contribution is -2.38. The molecule has 0 atom stereocenters. The maximum atomic E-state index is 12.3. The second-order valence-corrected chi connectivity index (χ2v) is 5.51. The Morgan fingerprint density at radius 3 is 2.30 bits per heavy atom. The smallest absolute Gasteiger partial charge is 0.267 e. The number of benzene rings is 1. The van der Waals surface area contributed by atoms with Gasteiger partial charge in [-0.05, 0) is 36.9 Å². The molecule has 23 heavy (non-hydrogen) atoms. The van der Waals surface area contributed by atoms with Gasteiger partial charge in [0.15, 0.2) is 0 Å². The van der Waals surface area contributed by atoms with Crippen molar-refractivity contribution in [2.45, 2.75) is 20.8 Å². The zero-order valence-corrected chi connectivity index (χ0v) is 14.6. The number of hydrogen-bond donors (Lipinski definition) is 2. The van der Waals surface area contributed by atoms with E-state index in [1.165, 1.54) is 6.92 Å². The van der Waals surface area contributed by atoms with E-state index in [-0.39, 0.29) is 17.5 Å². The Balaban J connectivity index is 2.74. The highest BCUT2D eigenvalue weighted by molar-refractivity contribution is 6.30. The normalized spacial score (nSPS) is 11.4. The zero-order chi connectivity index (χ0) is 17.2. The molecule has 0 unspecified atom stereocenters. The van der Waals surface area contributed by atoms with Crippen LogP contribution < -0.4 is 10.6 Å². The van der Waals surface area contributed by atoms with Crippen molar-refractivity contribution in [1.82, 2.24) is 15.5 Å². The Labute approximate surface area is 142 Å². The first kappa shape index (κ1) is 19.2. The second kappa shape index (κ2) is 10.0. The first-order valence-corrected chi connectivity index (χ1v) is 8.09. The number of amides is 2. The third-order valence-corrected chi connectivity index (χ3v) is 3.60. The van der Waals surface area contributed by atoms with E-state index in [0.717, 1.165) is 25.2 Å². The molecule has 6 heteroatoms. The maximum Gasteiger partial charge on any atom is 0.267 e. The van der Waals surface area contributed by atoms with Gasteiger partial charge < -0.3 is 15.5 Å². The van der Waals surface area contributed by atoms with E-state index >= 15 is 0 Å². The van der Waals surface area contributed by atoms with Gasteiger partial charge in [-0.15, -0.1) is 0 Å². The molecule has 0 bridgehead atoms. The van der Waals surface area contributed by atoms with Gasteiger partial charge in [0.25, 0.3) is 5.91 Å². The predicted molar refractivity (Wildman–Crippen MR) is 94.0 cm³/mol. The molecule has 0 aliphatic carbocycles. The van der Waals surface area contributed by atoms with Crippen molar-refractivity contribution in [3.05, 3.63) is 40.5 Å². The number of nitrogens with zero attached hydrogens (tertiary/aromatic N) is 1. The number of nitrogens with one attached hydrogen (secondary N) is 2. The van der Waals surface area contributed by atoms with Crippen molar-refractivity contribution in [3.63, 3.8) is 0 Å². The summed E-state index contributed by atoms with van der Waals surface area (Å²) < 4.78 is 0. The molecule has 1 rings (SSSR count). The monoisotopic (exact) mass is 337 g/mol. The van der Waals surface area contributed by atoms with Crippen LogP contribution in [0, 0.1) is 0 Å². The third-order valence-electron chi connectivity index (χ3n) is 3.34. The van der Waals surface area contributed by atoms with Crippen LogP contribution in [0.4, 0.5) is 0 Å². The fraction of sp³-hybridized carbons (Fsp3) is 0.412. The molecule has 0 saturated heterocycles. The van der Waals surface area contributed by atoms with Crippen LogP contribution in [0.5, 0.6) is 0 Å². The van der Waals surface area contributed by atoms with Gasteiger partial charge in [-0.3, -0.25) is 9.59 Å². The molecule has 5 nitrogen and oxygen atoms in total. The van der Waals surface area contributed by atoms with Crippen molar-refractivity contribution in [2.24, 2.45) is 0 Å². The van der Waals surface area contributed by atoms with E-state index in [4.69, 9.17) is 11.6 Å². The van der Waals surface area contributed by atoms with Crippen LogP contribution in [0.2, 0.25) is 5.02 Å². The summed E-state index contributed by atoms with van der Waals surface area (Å²) in [6.45, 7) is 8.70. The lowest BCUT2D eigenvalue weighted by atomic mass is 10.2. The zero-order valence-electron chi connectivity index (χ0n) is 13.9. The van der Waals surface area contributed by atoms with Crippen molar-refractivity contribution in [3.8, 4) is 0 Å². The van der Waals surface area contributed by atoms with Gasteiger partial charge in [0.1, 0.15) is 5.70 Å². The van der Waals surface area contributed by atoms with Crippen LogP contribution in [-0.2, 0) is 9.59 Å². The SMILES string of the molecule is CCN(CC)CCNC(=O)C(=Cc1ccc(Cl)cc1)NC(C)=O. The summed E-state index contributed by atoms with van der Waals surface area (Å²) in [6, 6.07) is 7.04. The molecule has 2 N–H and O–H groups in total. The average molecular weight is 338 g/mol. The molecule has 0 fully saturated rings. The largest absolute Gasteiger partial charge is 0.349 e. The summed E-state index contributed by atoms with van der Waals surface area (Å²) in [5, 5.41) is 6.02. The fourth-order valence-corrected chi connectivity index (χ4v) is 2.16. The van der Waals surface area contributed by atoms with E-state index in [0.29, 0.717) is 11.6 Å². The van der Waals surface area contributed by atoms with Gasteiger partial charge in [-0.25, -0.2) is 0 Å². The summed E-state index contributed by atoms with van der Waals surface area (Å²) >= 11 is 5.85. The highest BCUT2D eigenvalue weighted by Crippen LogP contribution is 2.12. The summed E-state index contributed by atoms with van der Waals surface area (Å²) in [4.78, 5) is 25.8. The second-order valence-electron chi connectivity index (χ2n) is 5.07. The molecule has 0 aliphatic heterocycles. The molecular weight excluding hydrogens is 314 g/mol. The minimum absolute atomic E-state index is 0.222. The maximum absolute atomic E-state index is 12.3. The summed E-state index contributed by atoms with van der Waals surface area (Å²) in [5.41, 5.74) is 1.01. The molecule has 0 aliphatic rings. The topological polar surface area (TPSA) is 61.4 Å². The van der Waals surface area contributed by atoms with Gasteiger partial charge >= 0.3 is 0 Å². The molecular formula is C17H24ClN3O2. The molecule has 0 aromatic heterocycles. The van der Waals surface area contributed by atoms with Crippen molar-refractivity contribution >= 4 is 29.5 Å². The van der Waals surface area contributed by atoms with Crippen molar-refractivity contribution in [1.29, 1.82) is 0 Å². The Bertz CT molecular complexity index is 551. The number of carbonyl (C=O) groups excluding carboxylic acids is 2. The first-order chi connectivity index (χ1) is 11.0. The number of hydrogen-bond acceptors (Lipinski definition) is 3. The Hall–Kier alpha value is -1.85. The van der Waals surface area contributed by atoms with Crippen LogP contribution in [0.3, 0.4) is 0 Å². The highest BCUT2D eigenvalue weighted by atomic mass is 35.5. The molecule has 0 radical (unpaired) electrons. The van der Waals surface area contributed by atoms with E-state index in [9.17, 15) is 9.59 Å². The molecule has 126 valence electrons. The van der Waals surface area contributed by atoms with Crippen LogP contribution in [0.1, 0.15) is 26.3 Å². The van der Waals surface area contributed by atoms with E-state index in [1.807, 2.05) is 0 Å². The molecule has 1 aromatic rings. The van der Waals surface area contributed by atoms with Crippen LogP contribution in [-0.4, -0.2) is 42.9 Å². The highest BCUT2D eigenvalue weighted by Gasteiger charge is 2.11. The number of halogens is 1. The quantitative estimate of drug-likeness (QED) is 0.715. The standard InChI is InChI=1S/C17H24ClN3O2/c1-4-21(5-2)11-10-19-17(23)16(20-13(3)22)12-14-6-8-15(18)9-7-14/h6-9,12H,4-5,10-11H2,1-3H3,(H,19,23)(H,20,22). The van der Waals surface area contributed by atoms with Gasteiger partial charge in [0.2, 0.25) is 5.91 Å². The van der Waals surface area contributed by atoms with Crippen molar-refractivity contribution < 1.29 is 9.59 Å². The Kier molecular flexibility index (Phi) is 8.37. The van der Waals surface area contributed by atoms with E-state index in [1.54, 1.807) is 30.3 Å². The third kappa shape index (κ3) is 7.30. The first-order valence-electron chi connectivity index (χ1n) is 7.71. The molecule has 0 saturated carbocycles. The lowest BCUT2D eigenvalue weighted by molar-refractivity contribution is -0.122. The van der Waals surface area contributed by atoms with E-state index in [2.05, 4.69) is 29.4 Å². The number of likely N-dealkylation sites (N-methyl/N-ethyl adjacent to an activating group) is 1. The minimum atomic E-state index is -0.303. The molecule has 0 heterocycles. The average Bonchev–Trinajstić information content (AvgIpc) is 2.52. The number of carbonyl (C=O) groups is 2. The Morgan fingerprint density at radius 1 is 1.17 bits per heavy atom. The Morgan fingerprint density at radius 2 is 1.78 bits per heavy atom. The summed E-state index contributed by atoms with van der Waals surface area (Å²) in [6.07, 6.45) is 1.63. The van der Waals surface area contributed by atoms with Crippen molar-refractivity contribution in [2.75, 3.05) is 26.2 Å². The van der Waals surface area contributed by atoms with Crippen LogP contribution in [0.25, 0.3) is 6.08 Å². The van der Waals surface area contributed by atoms with Gasteiger partial charge in [-0.1, -0.05) is 37.6 Å². The molecule has 2 amide bonds. The van der Waals surface area contributed by atoms with Gasteiger partial charge in [0.05, 0.1) is 0 Å². The number of rotatable bonds is 8. The van der Waals surface area contributed by atoms with Gasteiger partial charge in [0, 0.05) is 25.0 Å². The predicted octanol–water partition coefficient (Wildman–Crippen LogP) is 2.28. The van der Waals surface area contributed by atoms with Crippen LogP contribution in [0.15, 0.2) is 30.0 Å². The van der Waals surface area contributed by atoms with E-state index < -0.39 is 0 Å². The molecule has 1 aromatic carbocycles. The summed E-state index contributed by atoms with van der Waals surface area (Å²) in [5.74, 6) is -0.591. The molecule has 0 spiro atoms. The fourth-order valence-electron chi connectivity index (χ4n) is 2.04. The van der Waals surface area contributed by atoms with Crippen LogP contribution >= 0.6 is 11.6 Å².